The molecule has 0 aromatic heterocycles. The number of carbonyl (C=O) groups excluding carboxylic acids is 1. The first kappa shape index (κ1) is 24.2. The molecule has 0 radical (unpaired) electrons. The Kier molecular flexibility index (Phi) is 9.07. The van der Waals surface area contributed by atoms with Gasteiger partial charge in [-0.25, -0.2) is 0 Å². The van der Waals surface area contributed by atoms with E-state index in [0.717, 1.165) is 16.5 Å². The van der Waals surface area contributed by atoms with E-state index in [2.05, 4.69) is 19.6 Å². The molecule has 0 aliphatic heterocycles. The zero-order chi connectivity index (χ0) is 21.6. The Balaban J connectivity index is 2.35. The summed E-state index contributed by atoms with van der Waals surface area (Å²) in [5.41, 5.74) is 1.14. The molecule has 29 heavy (non-hydrogen) atoms. The quantitative estimate of drug-likeness (QED) is 0.307. The van der Waals surface area contributed by atoms with Crippen molar-refractivity contribution in [2.45, 2.75) is 68.6 Å². The number of aryl methyl sites for hydroxylation is 1. The van der Waals surface area contributed by atoms with Crippen molar-refractivity contribution >= 4 is 24.8 Å². The molecule has 5 nitrogen and oxygen atoms in total. The van der Waals surface area contributed by atoms with Crippen LogP contribution in [0, 0.1) is 18.8 Å². The molecule has 5 atom stereocenters. The predicted octanol–water partition coefficient (Wildman–Crippen LogP) is 4.39. The molecule has 0 amide bonds. The lowest BCUT2D eigenvalue weighted by molar-refractivity contribution is -0.149. The van der Waals surface area contributed by atoms with Crippen molar-refractivity contribution in [3.05, 3.63) is 29.8 Å². The molecule has 1 saturated carbocycles. The predicted molar refractivity (Wildman–Crippen MR) is 119 cm³/mol. The second-order valence-electron chi connectivity index (χ2n) is 9.10. The van der Waals surface area contributed by atoms with Crippen molar-refractivity contribution < 1.29 is 23.2 Å². The molecule has 164 valence electrons. The van der Waals surface area contributed by atoms with Gasteiger partial charge in [0, 0.05) is 25.3 Å². The van der Waals surface area contributed by atoms with Crippen LogP contribution in [0.2, 0.25) is 25.7 Å². The SMILES string of the molecule is CCOC(=O)[C@@H]1C[C@@H](OCOC)C[C@H]1[C@H](C[Si](C)(C)C)[S@](=O)c1ccc(C)cc1. The van der Waals surface area contributed by atoms with Crippen molar-refractivity contribution in [2.24, 2.45) is 11.8 Å². The fourth-order valence-electron chi connectivity index (χ4n) is 4.09. The molecule has 1 aliphatic rings. The average Bonchev–Trinajstić information content (AvgIpc) is 3.08. The third kappa shape index (κ3) is 7.02. The van der Waals surface area contributed by atoms with Gasteiger partial charge in [0.25, 0.3) is 0 Å². The fraction of sp³-hybridized carbons (Fsp3) is 0.682. The van der Waals surface area contributed by atoms with E-state index >= 15 is 0 Å². The van der Waals surface area contributed by atoms with Gasteiger partial charge in [-0.1, -0.05) is 37.3 Å². The Labute approximate surface area is 179 Å². The standard InChI is InChI=1S/C22H36O5SSi/c1-7-26-22(23)20-13-17(27-15-25-3)12-19(20)21(14-29(4,5)6)28(24)18-10-8-16(2)9-11-18/h8-11,17,19-21H,7,12-15H2,1-6H3/t17-,19+,20+,21-,28+/m0/s1. The summed E-state index contributed by atoms with van der Waals surface area (Å²) in [6.07, 6.45) is 1.23. The van der Waals surface area contributed by atoms with Gasteiger partial charge in [-0.05, 0) is 50.8 Å². The van der Waals surface area contributed by atoms with Gasteiger partial charge >= 0.3 is 5.97 Å². The van der Waals surface area contributed by atoms with Gasteiger partial charge in [-0.3, -0.25) is 9.00 Å². The molecular weight excluding hydrogens is 404 g/mol. The van der Waals surface area contributed by atoms with E-state index in [0.29, 0.717) is 19.4 Å². The zero-order valence-corrected chi connectivity index (χ0v) is 20.4. The van der Waals surface area contributed by atoms with Crippen LogP contribution >= 0.6 is 0 Å². The first-order valence-corrected chi connectivity index (χ1v) is 15.3. The minimum atomic E-state index is -1.54. The van der Waals surface area contributed by atoms with Crippen LogP contribution in [-0.2, 0) is 29.8 Å². The summed E-state index contributed by atoms with van der Waals surface area (Å²) in [6, 6.07) is 8.80. The van der Waals surface area contributed by atoms with Gasteiger partial charge in [-0.2, -0.15) is 0 Å². The summed E-state index contributed by atoms with van der Waals surface area (Å²) in [5, 5.41) is -0.0880. The molecule has 0 unspecified atom stereocenters. The average molecular weight is 441 g/mol. The molecule has 0 bridgehead atoms. The molecule has 1 aromatic carbocycles. The Morgan fingerprint density at radius 1 is 1.21 bits per heavy atom. The van der Waals surface area contributed by atoms with Gasteiger partial charge in [-0.15, -0.1) is 0 Å². The molecule has 0 spiro atoms. The third-order valence-electron chi connectivity index (χ3n) is 5.40. The normalized spacial score (nSPS) is 24.3. The van der Waals surface area contributed by atoms with Crippen molar-refractivity contribution in [1.29, 1.82) is 0 Å². The van der Waals surface area contributed by atoms with E-state index < -0.39 is 18.9 Å². The van der Waals surface area contributed by atoms with Gasteiger partial charge < -0.3 is 14.2 Å². The second-order valence-corrected chi connectivity index (χ2v) is 16.3. The van der Waals surface area contributed by atoms with Crippen LogP contribution < -0.4 is 0 Å². The first-order chi connectivity index (χ1) is 13.7. The number of ether oxygens (including phenoxy) is 3. The van der Waals surface area contributed by atoms with E-state index in [9.17, 15) is 9.00 Å². The minimum Gasteiger partial charge on any atom is -0.466 e. The fourth-order valence-corrected chi connectivity index (χ4v) is 9.08. The summed E-state index contributed by atoms with van der Waals surface area (Å²) in [5.74, 6) is -0.500. The number of carbonyl (C=O) groups is 1. The molecule has 0 heterocycles. The van der Waals surface area contributed by atoms with Crippen LogP contribution in [0.15, 0.2) is 29.2 Å². The van der Waals surface area contributed by atoms with E-state index in [1.165, 1.54) is 0 Å². The maximum absolute atomic E-state index is 13.7. The molecule has 0 saturated heterocycles. The summed E-state index contributed by atoms with van der Waals surface area (Å²) in [4.78, 5) is 13.6. The smallest absolute Gasteiger partial charge is 0.309 e. The number of methoxy groups -OCH3 is 1. The topological polar surface area (TPSA) is 61.8 Å². The van der Waals surface area contributed by atoms with Crippen LogP contribution in [0.1, 0.15) is 25.3 Å². The number of benzene rings is 1. The first-order valence-electron chi connectivity index (χ1n) is 10.4. The number of hydrogen-bond acceptors (Lipinski definition) is 5. The van der Waals surface area contributed by atoms with Crippen molar-refractivity contribution in [3.63, 3.8) is 0 Å². The highest BCUT2D eigenvalue weighted by Gasteiger charge is 2.47. The highest BCUT2D eigenvalue weighted by molar-refractivity contribution is 7.85. The number of esters is 1. The van der Waals surface area contributed by atoms with E-state index in [4.69, 9.17) is 14.2 Å². The molecule has 7 heteroatoms. The molecular formula is C22H36O5SSi. The lowest BCUT2D eigenvalue weighted by Gasteiger charge is -2.31. The van der Waals surface area contributed by atoms with Crippen LogP contribution in [0.3, 0.4) is 0 Å². The highest BCUT2D eigenvalue weighted by Crippen LogP contribution is 2.42. The van der Waals surface area contributed by atoms with E-state index in [-0.39, 0.29) is 36.0 Å². The summed E-state index contributed by atoms with van der Waals surface area (Å²) < 4.78 is 29.9. The van der Waals surface area contributed by atoms with Crippen LogP contribution in [0.4, 0.5) is 0 Å². The molecule has 2 rings (SSSR count). The maximum Gasteiger partial charge on any atom is 0.309 e. The van der Waals surface area contributed by atoms with Crippen molar-refractivity contribution in [3.8, 4) is 0 Å². The van der Waals surface area contributed by atoms with Crippen LogP contribution in [0.25, 0.3) is 0 Å². The lowest BCUT2D eigenvalue weighted by Crippen LogP contribution is -2.38. The van der Waals surface area contributed by atoms with Gasteiger partial charge in [0.2, 0.25) is 0 Å². The molecule has 1 aliphatic carbocycles. The third-order valence-corrected chi connectivity index (χ3v) is 9.16. The summed E-state index contributed by atoms with van der Waals surface area (Å²) in [6.45, 7) is 11.3. The zero-order valence-electron chi connectivity index (χ0n) is 18.6. The highest BCUT2D eigenvalue weighted by atomic mass is 32.2. The van der Waals surface area contributed by atoms with E-state index in [1.807, 2.05) is 38.1 Å². The van der Waals surface area contributed by atoms with Crippen molar-refractivity contribution in [2.75, 3.05) is 20.5 Å². The Bertz CT molecular complexity index is 685. The van der Waals surface area contributed by atoms with Gasteiger partial charge in [0.1, 0.15) is 6.79 Å². The number of rotatable bonds is 10. The summed E-state index contributed by atoms with van der Waals surface area (Å²) in [7, 11) is -1.13. The van der Waals surface area contributed by atoms with Crippen molar-refractivity contribution in [1.82, 2.24) is 0 Å². The lowest BCUT2D eigenvalue weighted by atomic mass is 9.93. The van der Waals surface area contributed by atoms with Crippen LogP contribution in [0.5, 0.6) is 0 Å². The largest absolute Gasteiger partial charge is 0.466 e. The summed E-state index contributed by atoms with van der Waals surface area (Å²) >= 11 is 0. The Morgan fingerprint density at radius 3 is 2.41 bits per heavy atom. The van der Waals surface area contributed by atoms with E-state index in [1.54, 1.807) is 7.11 Å². The van der Waals surface area contributed by atoms with Gasteiger partial charge in [0.15, 0.2) is 0 Å². The minimum absolute atomic E-state index is 0.0234. The van der Waals surface area contributed by atoms with Crippen LogP contribution in [-0.4, -0.2) is 50.1 Å². The monoisotopic (exact) mass is 440 g/mol. The maximum atomic E-state index is 13.7. The molecule has 1 aromatic rings. The van der Waals surface area contributed by atoms with Gasteiger partial charge in [0.05, 0.1) is 29.4 Å². The second kappa shape index (κ2) is 10.8. The Morgan fingerprint density at radius 2 is 1.86 bits per heavy atom. The molecule has 0 N–H and O–H groups in total. The molecule has 1 fully saturated rings. The number of hydrogen-bond donors (Lipinski definition) is 0. The Hall–Kier alpha value is -1.02.